The average Bonchev–Trinajstić information content (AvgIpc) is 2.81. The molecule has 3 aromatic carbocycles. The maximum Gasteiger partial charge on any atom is 0.150 e. The van der Waals surface area contributed by atoms with Crippen LogP contribution in [0.2, 0.25) is 5.02 Å². The van der Waals surface area contributed by atoms with E-state index in [9.17, 15) is 9.50 Å². The van der Waals surface area contributed by atoms with Crippen LogP contribution < -0.4 is 9.47 Å². The number of aromatic hydroxyl groups is 1. The number of hydrogen-bond acceptors (Lipinski definition) is 4. The van der Waals surface area contributed by atoms with Gasteiger partial charge in [-0.1, -0.05) is 35.9 Å². The third kappa shape index (κ3) is 4.63. The van der Waals surface area contributed by atoms with Gasteiger partial charge in [-0.25, -0.2) is 0 Å². The predicted molar refractivity (Wildman–Crippen MR) is 133 cm³/mol. The first-order valence-electron chi connectivity index (χ1n) is 11.5. The molecule has 0 amide bonds. The van der Waals surface area contributed by atoms with Gasteiger partial charge < -0.3 is 14.6 Å². The Morgan fingerprint density at radius 3 is 2.50 bits per heavy atom. The van der Waals surface area contributed by atoms with E-state index < -0.39 is 0 Å². The van der Waals surface area contributed by atoms with E-state index in [1.807, 2.05) is 54.6 Å². The van der Waals surface area contributed by atoms with E-state index in [2.05, 4.69) is 11.8 Å². The Balaban J connectivity index is 1.37. The maximum atomic E-state index is 12.6. The highest BCUT2D eigenvalue weighted by Crippen LogP contribution is 2.47. The number of phenolic OH excluding ortho intramolecular Hbond substituents is 1. The minimum atomic E-state index is -0.344. The summed E-state index contributed by atoms with van der Waals surface area (Å²) in [5, 5.41) is 10.7. The van der Waals surface area contributed by atoms with Gasteiger partial charge in [0.2, 0.25) is 0 Å². The smallest absolute Gasteiger partial charge is 0.150 e. The number of likely N-dealkylation sites (tertiary alicyclic amines) is 1. The number of allylic oxidation sites excluding steroid dienone is 1. The van der Waals surface area contributed by atoms with Gasteiger partial charge in [-0.3, -0.25) is 9.29 Å². The molecule has 1 fully saturated rings. The summed E-state index contributed by atoms with van der Waals surface area (Å²) in [5.41, 5.74) is 5.13. The number of ether oxygens (including phenoxy) is 2. The molecule has 0 radical (unpaired) electrons. The SMILES string of the molecule is CC1=C(c2ccc(Cl)cc2)C(c2ccc(OCCN3CC(CF)C3)cc2)Oc2cc(O)ccc21. The molecular weight excluding hydrogens is 453 g/mol. The zero-order valence-corrected chi connectivity index (χ0v) is 19.8. The number of benzene rings is 3. The van der Waals surface area contributed by atoms with Crippen molar-refractivity contribution in [1.29, 1.82) is 0 Å². The maximum absolute atomic E-state index is 12.6. The monoisotopic (exact) mass is 479 g/mol. The molecule has 2 aliphatic rings. The molecule has 2 heterocycles. The van der Waals surface area contributed by atoms with Gasteiger partial charge in [0.25, 0.3) is 0 Å². The summed E-state index contributed by atoms with van der Waals surface area (Å²) in [6.45, 7) is 4.84. The number of phenols is 1. The summed E-state index contributed by atoms with van der Waals surface area (Å²) in [7, 11) is 0. The Morgan fingerprint density at radius 1 is 1.06 bits per heavy atom. The molecule has 0 aliphatic carbocycles. The van der Waals surface area contributed by atoms with Crippen LogP contribution in [0.25, 0.3) is 11.1 Å². The van der Waals surface area contributed by atoms with Gasteiger partial charge >= 0.3 is 0 Å². The average molecular weight is 480 g/mol. The first kappa shape index (κ1) is 22.8. The van der Waals surface area contributed by atoms with E-state index in [0.717, 1.165) is 53.2 Å². The van der Waals surface area contributed by atoms with Crippen LogP contribution in [0.5, 0.6) is 17.2 Å². The third-order valence-corrected chi connectivity index (χ3v) is 6.80. The highest BCUT2D eigenvalue weighted by molar-refractivity contribution is 6.30. The molecule has 1 unspecified atom stereocenters. The van der Waals surface area contributed by atoms with Crippen LogP contribution in [-0.4, -0.2) is 42.9 Å². The van der Waals surface area contributed by atoms with Crippen molar-refractivity contribution >= 4 is 22.7 Å². The largest absolute Gasteiger partial charge is 0.508 e. The second-order valence-corrected chi connectivity index (χ2v) is 9.36. The second-order valence-electron chi connectivity index (χ2n) is 8.92. The second kappa shape index (κ2) is 9.69. The molecule has 2 aliphatic heterocycles. The van der Waals surface area contributed by atoms with Gasteiger partial charge in [0.15, 0.2) is 0 Å². The summed E-state index contributed by atoms with van der Waals surface area (Å²) < 4.78 is 24.9. The summed E-state index contributed by atoms with van der Waals surface area (Å²) in [5.74, 6) is 1.80. The van der Waals surface area contributed by atoms with Gasteiger partial charge in [0.1, 0.15) is 30.0 Å². The first-order valence-corrected chi connectivity index (χ1v) is 11.9. The van der Waals surface area contributed by atoms with Crippen LogP contribution in [0.3, 0.4) is 0 Å². The fourth-order valence-corrected chi connectivity index (χ4v) is 4.79. The van der Waals surface area contributed by atoms with Gasteiger partial charge in [0.05, 0.1) is 6.67 Å². The minimum Gasteiger partial charge on any atom is -0.508 e. The lowest BCUT2D eigenvalue weighted by atomic mass is 9.86. The fraction of sp³-hybridized carbons (Fsp3) is 0.286. The van der Waals surface area contributed by atoms with Crippen molar-refractivity contribution in [1.82, 2.24) is 4.90 Å². The number of nitrogens with zero attached hydrogens (tertiary/aromatic N) is 1. The zero-order valence-electron chi connectivity index (χ0n) is 19.0. The van der Waals surface area contributed by atoms with Gasteiger partial charge in [-0.15, -0.1) is 0 Å². The predicted octanol–water partition coefficient (Wildman–Crippen LogP) is 6.39. The summed E-state index contributed by atoms with van der Waals surface area (Å²) in [4.78, 5) is 2.20. The van der Waals surface area contributed by atoms with Crippen molar-refractivity contribution in [2.45, 2.75) is 13.0 Å². The molecule has 0 spiro atoms. The van der Waals surface area contributed by atoms with Crippen molar-refractivity contribution in [3.05, 3.63) is 88.4 Å². The van der Waals surface area contributed by atoms with Crippen LogP contribution >= 0.6 is 11.6 Å². The third-order valence-electron chi connectivity index (χ3n) is 6.55. The van der Waals surface area contributed by atoms with E-state index in [4.69, 9.17) is 21.1 Å². The van der Waals surface area contributed by atoms with Gasteiger partial charge in [-0.2, -0.15) is 0 Å². The molecule has 5 rings (SSSR count). The molecule has 0 saturated carbocycles. The molecule has 3 aromatic rings. The lowest BCUT2D eigenvalue weighted by Gasteiger charge is -2.37. The van der Waals surface area contributed by atoms with Crippen molar-refractivity contribution < 1.29 is 19.0 Å². The van der Waals surface area contributed by atoms with Crippen molar-refractivity contribution in [3.8, 4) is 17.2 Å². The number of fused-ring (bicyclic) bond motifs is 1. The Hall–Kier alpha value is -3.02. The molecule has 1 saturated heterocycles. The summed E-state index contributed by atoms with van der Waals surface area (Å²) in [6, 6.07) is 20.9. The minimum absolute atomic E-state index is 0.170. The van der Waals surface area contributed by atoms with Crippen LogP contribution in [0.15, 0.2) is 66.7 Å². The normalized spacial score (nSPS) is 18.3. The summed E-state index contributed by atoms with van der Waals surface area (Å²) in [6.07, 6.45) is -0.344. The van der Waals surface area contributed by atoms with Crippen molar-refractivity contribution in [2.24, 2.45) is 5.92 Å². The zero-order chi connectivity index (χ0) is 23.7. The Bertz CT molecular complexity index is 1190. The molecule has 34 heavy (non-hydrogen) atoms. The van der Waals surface area contributed by atoms with Crippen molar-refractivity contribution in [2.75, 3.05) is 32.9 Å². The van der Waals surface area contributed by atoms with Crippen LogP contribution in [-0.2, 0) is 0 Å². The molecular formula is C28H27ClFNO3. The van der Waals surface area contributed by atoms with Gasteiger partial charge in [0, 0.05) is 47.8 Å². The van der Waals surface area contributed by atoms with Crippen molar-refractivity contribution in [3.63, 3.8) is 0 Å². The molecule has 4 nitrogen and oxygen atoms in total. The fourth-order valence-electron chi connectivity index (χ4n) is 4.67. The lowest BCUT2D eigenvalue weighted by molar-refractivity contribution is 0.0668. The topological polar surface area (TPSA) is 41.9 Å². The Labute approximate surface area is 204 Å². The van der Waals surface area contributed by atoms with E-state index in [1.54, 1.807) is 12.1 Å². The van der Waals surface area contributed by atoms with E-state index >= 15 is 0 Å². The van der Waals surface area contributed by atoms with Crippen LogP contribution in [0.4, 0.5) is 4.39 Å². The van der Waals surface area contributed by atoms with Crippen LogP contribution in [0, 0.1) is 5.92 Å². The quantitative estimate of drug-likeness (QED) is 0.426. The van der Waals surface area contributed by atoms with E-state index in [-0.39, 0.29) is 24.4 Å². The number of halogens is 2. The number of rotatable bonds is 7. The standard InChI is InChI=1S/C28H27ClFNO3/c1-18-25-11-8-23(32)14-26(25)34-28(27(18)20-2-6-22(29)7-3-20)21-4-9-24(10-5-21)33-13-12-31-16-19(15-30)17-31/h2-11,14,19,28,32H,12-13,15-17H2,1H3. The molecule has 176 valence electrons. The Morgan fingerprint density at radius 2 is 1.79 bits per heavy atom. The highest BCUT2D eigenvalue weighted by Gasteiger charge is 2.30. The molecule has 1 N–H and O–H groups in total. The lowest BCUT2D eigenvalue weighted by Crippen LogP contribution is -2.49. The summed E-state index contributed by atoms with van der Waals surface area (Å²) >= 11 is 6.14. The van der Waals surface area contributed by atoms with E-state index in [1.165, 1.54) is 0 Å². The number of hydrogen-bond donors (Lipinski definition) is 1. The van der Waals surface area contributed by atoms with Gasteiger partial charge in [-0.05, 0) is 60.0 Å². The van der Waals surface area contributed by atoms with E-state index in [0.29, 0.717) is 17.4 Å². The van der Waals surface area contributed by atoms with Crippen LogP contribution in [0.1, 0.15) is 29.7 Å². The molecule has 6 heteroatoms. The molecule has 0 bridgehead atoms. The molecule has 1 atom stereocenters. The first-order chi connectivity index (χ1) is 16.5. The number of alkyl halides is 1. The molecule has 0 aromatic heterocycles. The Kier molecular flexibility index (Phi) is 6.48. The highest BCUT2D eigenvalue weighted by atomic mass is 35.5.